The van der Waals surface area contributed by atoms with E-state index in [9.17, 15) is 52.7 Å². The van der Waals surface area contributed by atoms with Crippen molar-refractivity contribution in [3.63, 3.8) is 0 Å². The molecule has 15 heteroatoms. The van der Waals surface area contributed by atoms with Crippen LogP contribution < -0.4 is 0 Å². The Kier molecular flexibility index (Phi) is 6.40. The minimum atomic E-state index is -7.44. The maximum absolute atomic E-state index is 13.4. The van der Waals surface area contributed by atoms with Gasteiger partial charge in [0, 0.05) is 0 Å². The molecule has 26 heavy (non-hydrogen) atoms. The lowest BCUT2D eigenvalue weighted by Gasteiger charge is -2.33. The molecule has 1 unspecified atom stereocenters. The largest absolute Gasteiger partial charge is 0.460 e. The molecule has 1 atom stereocenters. The monoisotopic (exact) mass is 428 g/mol. The summed E-state index contributed by atoms with van der Waals surface area (Å²) in [5.41, 5.74) is -1.31. The highest BCUT2D eigenvalue weighted by atomic mass is 32.2. The standard InChI is InChI=1S/C11H13F9O5S/c1-5(6(21)24-7(2,3)4)25-26(22,23)11(19,20)9(14,15)8(12,13)10(16,17)18/h5H,1-4H3. The molecule has 0 aliphatic carbocycles. The van der Waals surface area contributed by atoms with Gasteiger partial charge >= 0.3 is 39.4 Å². The van der Waals surface area contributed by atoms with Crippen LogP contribution in [0.1, 0.15) is 27.7 Å². The van der Waals surface area contributed by atoms with Gasteiger partial charge in [0.1, 0.15) is 5.60 Å². The molecule has 0 aliphatic rings. The number of halogens is 9. The van der Waals surface area contributed by atoms with Crippen LogP contribution in [0.3, 0.4) is 0 Å². The molecule has 0 fully saturated rings. The van der Waals surface area contributed by atoms with E-state index in [1.54, 1.807) is 0 Å². The van der Waals surface area contributed by atoms with Crippen LogP contribution in [0.2, 0.25) is 0 Å². The van der Waals surface area contributed by atoms with Gasteiger partial charge in [0.25, 0.3) is 0 Å². The number of carbonyl (C=O) groups excluding carboxylic acids is 1. The first-order valence-corrected chi connectivity index (χ1v) is 7.78. The van der Waals surface area contributed by atoms with Crippen LogP contribution in [0.4, 0.5) is 39.5 Å². The van der Waals surface area contributed by atoms with Crippen molar-refractivity contribution >= 4 is 16.1 Å². The van der Waals surface area contributed by atoms with Crippen molar-refractivity contribution in [2.24, 2.45) is 0 Å². The van der Waals surface area contributed by atoms with E-state index >= 15 is 0 Å². The smallest absolute Gasteiger partial charge is 0.458 e. The Morgan fingerprint density at radius 3 is 1.54 bits per heavy atom. The number of hydrogen-bond acceptors (Lipinski definition) is 5. The summed E-state index contributed by atoms with van der Waals surface area (Å²) in [5, 5.41) is -7.03. The van der Waals surface area contributed by atoms with E-state index in [2.05, 4.69) is 8.92 Å². The van der Waals surface area contributed by atoms with Gasteiger partial charge in [-0.15, -0.1) is 0 Å². The molecule has 0 rings (SSSR count). The Morgan fingerprint density at radius 1 is 0.846 bits per heavy atom. The van der Waals surface area contributed by atoms with Crippen molar-refractivity contribution in [2.75, 3.05) is 0 Å². The molecular formula is C11H13F9O5S. The fraction of sp³-hybridized carbons (Fsp3) is 0.909. The van der Waals surface area contributed by atoms with Crippen molar-refractivity contribution in [1.29, 1.82) is 0 Å². The Labute approximate surface area is 141 Å². The van der Waals surface area contributed by atoms with E-state index < -0.39 is 51.1 Å². The maximum atomic E-state index is 13.4. The Morgan fingerprint density at radius 2 is 1.23 bits per heavy atom. The molecule has 0 aromatic carbocycles. The van der Waals surface area contributed by atoms with Crippen LogP contribution in [0.15, 0.2) is 0 Å². The molecule has 0 spiro atoms. The van der Waals surface area contributed by atoms with E-state index in [0.29, 0.717) is 6.92 Å². The Hall–Kier alpha value is -1.25. The minimum Gasteiger partial charge on any atom is -0.458 e. The number of hydrogen-bond donors (Lipinski definition) is 0. The van der Waals surface area contributed by atoms with Gasteiger partial charge in [-0.3, -0.25) is 4.18 Å². The van der Waals surface area contributed by atoms with Crippen molar-refractivity contribution in [3.8, 4) is 0 Å². The molecule has 0 saturated carbocycles. The first kappa shape index (κ1) is 24.8. The number of rotatable bonds is 6. The van der Waals surface area contributed by atoms with Crippen LogP contribution in [0.5, 0.6) is 0 Å². The number of ether oxygens (including phenoxy) is 1. The van der Waals surface area contributed by atoms with Crippen LogP contribution in [0.25, 0.3) is 0 Å². The fourth-order valence-electron chi connectivity index (χ4n) is 1.19. The molecule has 0 saturated heterocycles. The van der Waals surface area contributed by atoms with Crippen molar-refractivity contribution in [2.45, 2.75) is 62.7 Å². The highest BCUT2D eigenvalue weighted by Gasteiger charge is 2.85. The summed E-state index contributed by atoms with van der Waals surface area (Å²) in [4.78, 5) is 11.4. The first-order valence-electron chi connectivity index (χ1n) is 6.37. The zero-order valence-electron chi connectivity index (χ0n) is 13.4. The number of carbonyl (C=O) groups is 1. The average Bonchev–Trinajstić information content (AvgIpc) is 2.33. The summed E-state index contributed by atoms with van der Waals surface area (Å²) >= 11 is 0. The predicted octanol–water partition coefficient (Wildman–Crippen LogP) is 3.49. The minimum absolute atomic E-state index is 0.418. The summed E-state index contributed by atoms with van der Waals surface area (Å²) in [6.07, 6.45) is -9.74. The second kappa shape index (κ2) is 6.73. The first-order chi connectivity index (χ1) is 11.0. The molecule has 0 bridgehead atoms. The zero-order valence-corrected chi connectivity index (χ0v) is 14.2. The van der Waals surface area contributed by atoms with Gasteiger partial charge in [-0.05, 0) is 27.7 Å². The van der Waals surface area contributed by atoms with Gasteiger partial charge in [-0.1, -0.05) is 0 Å². The maximum Gasteiger partial charge on any atom is 0.460 e. The van der Waals surface area contributed by atoms with E-state index in [-0.39, 0.29) is 0 Å². The van der Waals surface area contributed by atoms with Crippen LogP contribution >= 0.6 is 0 Å². The lowest BCUT2D eigenvalue weighted by atomic mass is 10.1. The van der Waals surface area contributed by atoms with Gasteiger partial charge in [0.05, 0.1) is 0 Å². The highest BCUT2D eigenvalue weighted by Crippen LogP contribution is 2.55. The molecule has 156 valence electrons. The number of esters is 1. The third kappa shape index (κ3) is 4.53. The van der Waals surface area contributed by atoms with E-state index in [0.717, 1.165) is 0 Å². The molecule has 0 heterocycles. The third-order valence-corrected chi connectivity index (χ3v) is 3.87. The lowest BCUT2D eigenvalue weighted by molar-refractivity contribution is -0.382. The average molecular weight is 428 g/mol. The molecule has 0 radical (unpaired) electrons. The summed E-state index contributed by atoms with van der Waals surface area (Å²) in [5.74, 6) is -16.5. The summed E-state index contributed by atoms with van der Waals surface area (Å²) < 4.78 is 144. The van der Waals surface area contributed by atoms with Crippen LogP contribution in [-0.2, 0) is 23.8 Å². The second-order valence-electron chi connectivity index (χ2n) is 5.89. The summed E-state index contributed by atoms with van der Waals surface area (Å²) in [6, 6.07) is 0. The molecule has 5 nitrogen and oxygen atoms in total. The van der Waals surface area contributed by atoms with E-state index in [1.165, 1.54) is 20.8 Å². The summed E-state index contributed by atoms with van der Waals surface area (Å²) in [6.45, 7) is 4.12. The lowest BCUT2D eigenvalue weighted by Crippen LogP contribution is -2.63. The van der Waals surface area contributed by atoms with Gasteiger partial charge in [-0.25, -0.2) is 4.79 Å². The second-order valence-corrected chi connectivity index (χ2v) is 7.50. The van der Waals surface area contributed by atoms with Crippen LogP contribution in [0, 0.1) is 0 Å². The number of alkyl halides is 9. The van der Waals surface area contributed by atoms with Crippen molar-refractivity contribution in [1.82, 2.24) is 0 Å². The predicted molar refractivity (Wildman–Crippen MR) is 66.2 cm³/mol. The van der Waals surface area contributed by atoms with E-state index in [1.807, 2.05) is 0 Å². The Bertz CT molecular complexity index is 633. The van der Waals surface area contributed by atoms with Crippen LogP contribution in [-0.4, -0.2) is 49.4 Å². The van der Waals surface area contributed by atoms with Gasteiger partial charge in [-0.2, -0.15) is 47.9 Å². The molecule has 0 aromatic heterocycles. The zero-order chi connectivity index (χ0) is 21.6. The molecule has 0 aromatic rings. The molecule has 0 aliphatic heterocycles. The van der Waals surface area contributed by atoms with Gasteiger partial charge in [0.15, 0.2) is 6.10 Å². The molecular weight excluding hydrogens is 415 g/mol. The highest BCUT2D eigenvalue weighted by molar-refractivity contribution is 7.87. The van der Waals surface area contributed by atoms with Crippen molar-refractivity contribution in [3.05, 3.63) is 0 Å². The molecule has 0 N–H and O–H groups in total. The molecule has 0 amide bonds. The van der Waals surface area contributed by atoms with Crippen molar-refractivity contribution < 1.29 is 61.6 Å². The quantitative estimate of drug-likeness (QED) is 0.368. The SMILES string of the molecule is CC(OS(=O)(=O)C(F)(F)C(F)(F)C(F)(F)C(F)(F)F)C(=O)OC(C)(C)C. The van der Waals surface area contributed by atoms with E-state index in [4.69, 9.17) is 0 Å². The topological polar surface area (TPSA) is 69.7 Å². The normalized spacial score (nSPS) is 16.3. The summed E-state index contributed by atoms with van der Waals surface area (Å²) in [7, 11) is -7.12. The third-order valence-electron chi connectivity index (χ3n) is 2.44. The van der Waals surface area contributed by atoms with Gasteiger partial charge in [0.2, 0.25) is 0 Å². The fourth-order valence-corrected chi connectivity index (χ4v) is 2.21. The Balaban J connectivity index is 5.81. The van der Waals surface area contributed by atoms with Gasteiger partial charge < -0.3 is 4.74 Å².